The van der Waals surface area contributed by atoms with Crippen LogP contribution in [0.1, 0.15) is 20.8 Å². The number of benzene rings is 1. The maximum atomic E-state index is 12.9. The fourth-order valence-corrected chi connectivity index (χ4v) is 3.25. The zero-order valence-corrected chi connectivity index (χ0v) is 12.9. The molecule has 4 nitrogen and oxygen atoms in total. The molecule has 0 aliphatic heterocycles. The molecule has 0 N–H and O–H groups in total. The van der Waals surface area contributed by atoms with E-state index in [0.717, 1.165) is 10.4 Å². The predicted molar refractivity (Wildman–Crippen MR) is 84.1 cm³/mol. The van der Waals surface area contributed by atoms with Gasteiger partial charge >= 0.3 is 0 Å². The van der Waals surface area contributed by atoms with Crippen LogP contribution < -0.4 is 5.56 Å². The molecule has 112 valence electrons. The van der Waals surface area contributed by atoms with Crippen molar-refractivity contribution >= 4 is 27.3 Å². The summed E-state index contributed by atoms with van der Waals surface area (Å²) in [4.78, 5) is 30.7. The summed E-state index contributed by atoms with van der Waals surface area (Å²) in [6.07, 6.45) is 1.39. The molecule has 2 aromatic heterocycles. The van der Waals surface area contributed by atoms with E-state index in [1.165, 1.54) is 46.5 Å². The monoisotopic (exact) mass is 316 g/mol. The quantitative estimate of drug-likeness (QED) is 0.698. The second-order valence-electron chi connectivity index (χ2n) is 5.07. The number of hydrogen-bond acceptors (Lipinski definition) is 4. The molecule has 0 aliphatic rings. The van der Waals surface area contributed by atoms with Crippen LogP contribution in [-0.4, -0.2) is 15.3 Å². The van der Waals surface area contributed by atoms with Gasteiger partial charge in [0.25, 0.3) is 5.56 Å². The first-order chi connectivity index (χ1) is 10.5. The number of nitrogens with zero attached hydrogens (tertiary/aromatic N) is 2. The van der Waals surface area contributed by atoms with Gasteiger partial charge in [-0.05, 0) is 43.7 Å². The van der Waals surface area contributed by atoms with E-state index in [4.69, 9.17) is 0 Å². The lowest BCUT2D eigenvalue weighted by Crippen LogP contribution is -2.24. The number of carbonyl (C=O) groups is 1. The lowest BCUT2D eigenvalue weighted by atomic mass is 10.1. The topological polar surface area (TPSA) is 52.0 Å². The Kier molecular flexibility index (Phi) is 3.62. The molecule has 6 heteroatoms. The summed E-state index contributed by atoms with van der Waals surface area (Å²) in [7, 11) is 0. The van der Waals surface area contributed by atoms with Gasteiger partial charge in [0.05, 0.1) is 18.3 Å². The number of aromatic nitrogens is 2. The Balaban J connectivity index is 1.99. The Morgan fingerprint density at radius 2 is 1.95 bits per heavy atom. The first kappa shape index (κ1) is 14.6. The van der Waals surface area contributed by atoms with Crippen molar-refractivity contribution in [2.75, 3.05) is 0 Å². The van der Waals surface area contributed by atoms with Crippen LogP contribution in [0.25, 0.3) is 10.2 Å². The molecule has 0 saturated carbocycles. The van der Waals surface area contributed by atoms with Crippen LogP contribution in [0.4, 0.5) is 4.39 Å². The third-order valence-electron chi connectivity index (χ3n) is 3.64. The number of fused-ring (bicyclic) bond motifs is 1. The molecule has 0 unspecified atom stereocenters. The van der Waals surface area contributed by atoms with Crippen molar-refractivity contribution in [2.24, 2.45) is 0 Å². The minimum atomic E-state index is -0.402. The smallest absolute Gasteiger partial charge is 0.262 e. The molecule has 0 atom stereocenters. The molecule has 0 spiro atoms. The predicted octanol–water partition coefficient (Wildman–Crippen LogP) is 3.10. The number of thiophene rings is 1. The van der Waals surface area contributed by atoms with Gasteiger partial charge in [0.2, 0.25) is 0 Å². The maximum absolute atomic E-state index is 12.9. The fourth-order valence-electron chi connectivity index (χ4n) is 2.26. The Hall–Kier alpha value is -2.34. The highest BCUT2D eigenvalue weighted by molar-refractivity contribution is 7.18. The number of ketones is 1. The number of aryl methyl sites for hydroxylation is 2. The van der Waals surface area contributed by atoms with Crippen LogP contribution in [0.5, 0.6) is 0 Å². The van der Waals surface area contributed by atoms with Gasteiger partial charge in [-0.1, -0.05) is 0 Å². The van der Waals surface area contributed by atoms with Crippen molar-refractivity contribution in [3.05, 3.63) is 62.8 Å². The molecular formula is C16H13FN2O2S. The molecular weight excluding hydrogens is 303 g/mol. The van der Waals surface area contributed by atoms with Crippen LogP contribution in [0, 0.1) is 19.7 Å². The summed E-state index contributed by atoms with van der Waals surface area (Å²) < 4.78 is 14.2. The van der Waals surface area contributed by atoms with Crippen LogP contribution in [0.2, 0.25) is 0 Å². The Morgan fingerprint density at radius 1 is 1.27 bits per heavy atom. The molecule has 0 saturated heterocycles. The maximum Gasteiger partial charge on any atom is 0.262 e. The molecule has 3 aromatic rings. The van der Waals surface area contributed by atoms with Gasteiger partial charge in [-0.2, -0.15) is 0 Å². The van der Waals surface area contributed by atoms with Gasteiger partial charge in [-0.3, -0.25) is 14.2 Å². The van der Waals surface area contributed by atoms with E-state index in [9.17, 15) is 14.0 Å². The summed E-state index contributed by atoms with van der Waals surface area (Å²) in [6.45, 7) is 3.71. The summed E-state index contributed by atoms with van der Waals surface area (Å²) >= 11 is 1.47. The molecule has 22 heavy (non-hydrogen) atoms. The zero-order chi connectivity index (χ0) is 15.9. The number of carbonyl (C=O) groups excluding carboxylic acids is 1. The third-order valence-corrected chi connectivity index (χ3v) is 4.75. The van der Waals surface area contributed by atoms with E-state index in [1.807, 2.05) is 13.8 Å². The van der Waals surface area contributed by atoms with Gasteiger partial charge in [0.1, 0.15) is 10.6 Å². The standard InChI is InChI=1S/C16H13FN2O2S/c1-9-10(2)22-15-14(9)16(21)19(8-18-15)7-13(20)11-3-5-12(17)6-4-11/h3-6,8H,7H2,1-2H3. The van der Waals surface area contributed by atoms with Crippen molar-refractivity contribution in [3.63, 3.8) is 0 Å². The minimum Gasteiger partial charge on any atom is -0.292 e. The zero-order valence-electron chi connectivity index (χ0n) is 12.1. The highest BCUT2D eigenvalue weighted by Crippen LogP contribution is 2.25. The lowest BCUT2D eigenvalue weighted by molar-refractivity contribution is 0.0970. The van der Waals surface area contributed by atoms with E-state index in [1.54, 1.807) is 0 Å². The number of halogens is 1. The molecule has 0 radical (unpaired) electrons. The van der Waals surface area contributed by atoms with Gasteiger partial charge < -0.3 is 0 Å². The first-order valence-electron chi connectivity index (χ1n) is 6.71. The van der Waals surface area contributed by atoms with Gasteiger partial charge in [-0.15, -0.1) is 11.3 Å². The molecule has 0 bridgehead atoms. The summed E-state index contributed by atoms with van der Waals surface area (Å²) in [5, 5.41) is 0.567. The molecule has 0 aliphatic carbocycles. The van der Waals surface area contributed by atoms with Crippen LogP contribution in [0.3, 0.4) is 0 Å². The van der Waals surface area contributed by atoms with E-state index in [0.29, 0.717) is 15.8 Å². The van der Waals surface area contributed by atoms with Crippen molar-refractivity contribution in [3.8, 4) is 0 Å². The number of hydrogen-bond donors (Lipinski definition) is 0. The normalized spacial score (nSPS) is 11.0. The second-order valence-corrected chi connectivity index (χ2v) is 6.27. The van der Waals surface area contributed by atoms with Crippen molar-refractivity contribution < 1.29 is 9.18 Å². The lowest BCUT2D eigenvalue weighted by Gasteiger charge is -2.05. The molecule has 1 aromatic carbocycles. The summed E-state index contributed by atoms with van der Waals surface area (Å²) in [6, 6.07) is 5.27. The molecule has 0 amide bonds. The minimum absolute atomic E-state index is 0.109. The van der Waals surface area contributed by atoms with Crippen molar-refractivity contribution in [2.45, 2.75) is 20.4 Å². The fraction of sp³-hybridized carbons (Fsp3) is 0.188. The van der Waals surface area contributed by atoms with E-state index in [2.05, 4.69) is 4.98 Å². The first-order valence-corrected chi connectivity index (χ1v) is 7.53. The highest BCUT2D eigenvalue weighted by atomic mass is 32.1. The highest BCUT2D eigenvalue weighted by Gasteiger charge is 2.14. The average molecular weight is 316 g/mol. The average Bonchev–Trinajstić information content (AvgIpc) is 2.78. The van der Waals surface area contributed by atoms with Crippen molar-refractivity contribution in [1.29, 1.82) is 0 Å². The van der Waals surface area contributed by atoms with Crippen LogP contribution in [-0.2, 0) is 6.54 Å². The molecule has 3 rings (SSSR count). The SMILES string of the molecule is Cc1sc2ncn(CC(=O)c3ccc(F)cc3)c(=O)c2c1C. The molecule has 2 heterocycles. The Labute approximate surface area is 129 Å². The van der Waals surface area contributed by atoms with Gasteiger partial charge in [0.15, 0.2) is 5.78 Å². The van der Waals surface area contributed by atoms with E-state index >= 15 is 0 Å². The largest absolute Gasteiger partial charge is 0.292 e. The van der Waals surface area contributed by atoms with Gasteiger partial charge in [-0.25, -0.2) is 9.37 Å². The number of Topliss-reactive ketones (excluding diaryl/α,β-unsaturated/α-hetero) is 1. The second kappa shape index (κ2) is 5.46. The summed E-state index contributed by atoms with van der Waals surface area (Å²) in [5.74, 6) is -0.658. The van der Waals surface area contributed by atoms with Crippen molar-refractivity contribution in [1.82, 2.24) is 9.55 Å². The Morgan fingerprint density at radius 3 is 2.64 bits per heavy atom. The summed E-state index contributed by atoms with van der Waals surface area (Å²) in [5.41, 5.74) is 1.05. The van der Waals surface area contributed by atoms with Crippen LogP contribution in [0.15, 0.2) is 35.4 Å². The molecule has 0 fully saturated rings. The van der Waals surface area contributed by atoms with Gasteiger partial charge in [0, 0.05) is 10.4 Å². The van der Waals surface area contributed by atoms with E-state index in [-0.39, 0.29) is 17.9 Å². The van der Waals surface area contributed by atoms with Crippen LogP contribution >= 0.6 is 11.3 Å². The number of rotatable bonds is 3. The third kappa shape index (κ3) is 2.46. The van der Waals surface area contributed by atoms with E-state index < -0.39 is 5.82 Å². The Bertz CT molecular complexity index is 926.